The van der Waals surface area contributed by atoms with Gasteiger partial charge in [0.2, 0.25) is 5.91 Å². The second-order valence-corrected chi connectivity index (χ2v) is 6.02. The molecular weight excluding hydrogens is 283 g/mol. The minimum atomic E-state index is -0.281. The van der Waals surface area contributed by atoms with Gasteiger partial charge in [-0.15, -0.1) is 0 Å². The van der Waals surface area contributed by atoms with Crippen LogP contribution in [0.1, 0.15) is 37.5 Å². The average molecular weight is 300 g/mol. The Bertz CT molecular complexity index is 692. The Hall–Kier alpha value is -2.24. The predicted octanol–water partition coefficient (Wildman–Crippen LogP) is 2.68. The first-order valence-electron chi connectivity index (χ1n) is 7.71. The third-order valence-electron chi connectivity index (χ3n) is 4.38. The number of benzene rings is 1. The number of nitrogens with zero attached hydrogens (tertiary/aromatic N) is 3. The summed E-state index contributed by atoms with van der Waals surface area (Å²) >= 11 is 0. The van der Waals surface area contributed by atoms with Gasteiger partial charge >= 0.3 is 0 Å². The molecule has 1 saturated carbocycles. The molecule has 1 atom stereocenters. The molecule has 0 spiro atoms. The maximum Gasteiger partial charge on any atom is 0.226 e. The van der Waals surface area contributed by atoms with Crippen molar-refractivity contribution >= 4 is 5.91 Å². The monoisotopic (exact) mass is 300 g/mol. The molecule has 22 heavy (non-hydrogen) atoms. The van der Waals surface area contributed by atoms with Crippen molar-refractivity contribution in [1.29, 1.82) is 0 Å². The van der Waals surface area contributed by atoms with Crippen LogP contribution in [0.2, 0.25) is 0 Å². The van der Waals surface area contributed by atoms with Crippen LogP contribution in [0.5, 0.6) is 0 Å². The van der Waals surface area contributed by atoms with E-state index in [0.717, 1.165) is 43.6 Å². The summed E-state index contributed by atoms with van der Waals surface area (Å²) in [5.41, 5.74) is 0.766. The van der Waals surface area contributed by atoms with Crippen molar-refractivity contribution in [1.82, 2.24) is 20.1 Å². The maximum atomic E-state index is 13.0. The summed E-state index contributed by atoms with van der Waals surface area (Å²) in [7, 11) is 0. The van der Waals surface area contributed by atoms with Crippen LogP contribution in [0.25, 0.3) is 11.4 Å². The normalized spacial score (nSPS) is 21.3. The van der Waals surface area contributed by atoms with Gasteiger partial charge in [0.15, 0.2) is 5.82 Å². The lowest BCUT2D eigenvalue weighted by Crippen LogP contribution is -2.32. The molecule has 0 radical (unpaired) electrons. The molecule has 4 rings (SSSR count). The third kappa shape index (κ3) is 2.38. The van der Waals surface area contributed by atoms with E-state index < -0.39 is 0 Å². The third-order valence-corrected chi connectivity index (χ3v) is 4.38. The van der Waals surface area contributed by atoms with E-state index in [2.05, 4.69) is 15.2 Å². The van der Waals surface area contributed by atoms with Crippen molar-refractivity contribution in [2.24, 2.45) is 5.92 Å². The topological polar surface area (TPSA) is 61.9 Å². The second kappa shape index (κ2) is 5.19. The van der Waals surface area contributed by atoms with Crippen molar-refractivity contribution in [3.05, 3.63) is 35.9 Å². The zero-order chi connectivity index (χ0) is 15.1. The largest absolute Gasteiger partial charge is 0.332 e. The highest BCUT2D eigenvalue weighted by molar-refractivity contribution is 5.81. The highest BCUT2D eigenvalue weighted by Gasteiger charge is 2.39. The molecule has 5 nitrogen and oxygen atoms in total. The molecule has 2 aliphatic rings. The number of hydrogen-bond acceptors (Lipinski definition) is 3. The Morgan fingerprint density at radius 1 is 1.23 bits per heavy atom. The number of rotatable bonds is 3. The number of carbonyl (C=O) groups excluding carboxylic acids is 1. The molecule has 2 aromatic rings. The lowest BCUT2D eigenvalue weighted by molar-refractivity contribution is -0.133. The number of carbonyl (C=O) groups is 1. The second-order valence-electron chi connectivity index (χ2n) is 6.02. The van der Waals surface area contributed by atoms with E-state index in [1.54, 1.807) is 12.1 Å². The molecule has 1 saturated heterocycles. The Morgan fingerprint density at radius 3 is 2.73 bits per heavy atom. The van der Waals surface area contributed by atoms with Crippen LogP contribution in [0.4, 0.5) is 4.39 Å². The lowest BCUT2D eigenvalue weighted by Gasteiger charge is -2.22. The van der Waals surface area contributed by atoms with Crippen molar-refractivity contribution in [2.75, 3.05) is 6.54 Å². The van der Waals surface area contributed by atoms with Crippen molar-refractivity contribution in [3.8, 4) is 11.4 Å². The maximum absolute atomic E-state index is 13.0. The molecular formula is C16H17FN4O. The highest BCUT2D eigenvalue weighted by atomic mass is 19.1. The number of hydrogen-bond donors (Lipinski definition) is 1. The molecule has 2 heterocycles. The zero-order valence-electron chi connectivity index (χ0n) is 12.1. The molecule has 1 N–H and O–H groups in total. The fourth-order valence-corrected chi connectivity index (χ4v) is 3.03. The Balaban J connectivity index is 1.57. The number of aromatic nitrogens is 3. The SMILES string of the molecule is O=C(C1CC1)N1CCCC1c1nc(-c2ccc(F)cc2)n[nH]1. The number of aromatic amines is 1. The molecule has 1 aliphatic heterocycles. The lowest BCUT2D eigenvalue weighted by atomic mass is 10.2. The van der Waals surface area contributed by atoms with Gasteiger partial charge in [-0.2, -0.15) is 5.10 Å². The predicted molar refractivity (Wildman–Crippen MR) is 78.2 cm³/mol. The van der Waals surface area contributed by atoms with Crippen molar-refractivity contribution < 1.29 is 9.18 Å². The number of amides is 1. The highest BCUT2D eigenvalue weighted by Crippen LogP contribution is 2.38. The summed E-state index contributed by atoms with van der Waals surface area (Å²) in [6.45, 7) is 0.798. The van der Waals surface area contributed by atoms with Gasteiger partial charge in [-0.1, -0.05) is 0 Å². The van der Waals surface area contributed by atoms with Gasteiger partial charge < -0.3 is 4.90 Å². The van der Waals surface area contributed by atoms with E-state index in [4.69, 9.17) is 0 Å². The molecule has 0 bridgehead atoms. The van der Waals surface area contributed by atoms with Gasteiger partial charge in [0.1, 0.15) is 11.6 Å². The molecule has 1 aromatic carbocycles. The summed E-state index contributed by atoms with van der Waals surface area (Å²) in [5.74, 6) is 1.46. The van der Waals surface area contributed by atoms with E-state index in [0.29, 0.717) is 5.82 Å². The van der Waals surface area contributed by atoms with Crippen molar-refractivity contribution in [2.45, 2.75) is 31.7 Å². The van der Waals surface area contributed by atoms with E-state index in [-0.39, 0.29) is 23.7 Å². The van der Waals surface area contributed by atoms with E-state index in [9.17, 15) is 9.18 Å². The number of H-pyrrole nitrogens is 1. The molecule has 1 unspecified atom stereocenters. The zero-order valence-corrected chi connectivity index (χ0v) is 12.1. The first-order chi connectivity index (χ1) is 10.7. The van der Waals surface area contributed by atoms with Gasteiger partial charge in [-0.3, -0.25) is 9.89 Å². The van der Waals surface area contributed by atoms with E-state index >= 15 is 0 Å². The van der Waals surface area contributed by atoms with Crippen LogP contribution < -0.4 is 0 Å². The summed E-state index contributed by atoms with van der Waals surface area (Å²) in [6, 6.07) is 6.09. The molecule has 1 amide bonds. The van der Waals surface area contributed by atoms with E-state index in [1.165, 1.54) is 12.1 Å². The first-order valence-corrected chi connectivity index (χ1v) is 7.71. The molecule has 2 fully saturated rings. The van der Waals surface area contributed by atoms with Crippen LogP contribution in [0, 0.1) is 11.7 Å². The Labute approximate surface area is 127 Å². The first kappa shape index (κ1) is 13.4. The van der Waals surface area contributed by atoms with Crippen LogP contribution in [0.3, 0.4) is 0 Å². The fraction of sp³-hybridized carbons (Fsp3) is 0.438. The smallest absolute Gasteiger partial charge is 0.226 e. The number of likely N-dealkylation sites (tertiary alicyclic amines) is 1. The minimum absolute atomic E-state index is 0.00482. The standard InChI is InChI=1S/C16H17FN4O/c17-12-7-5-10(6-8-12)14-18-15(20-19-14)13-2-1-9-21(13)16(22)11-3-4-11/h5-8,11,13H,1-4,9H2,(H,18,19,20). The Morgan fingerprint density at radius 2 is 2.00 bits per heavy atom. The number of halogens is 1. The molecule has 114 valence electrons. The van der Waals surface area contributed by atoms with Gasteiger partial charge in [-0.05, 0) is 49.9 Å². The minimum Gasteiger partial charge on any atom is -0.332 e. The quantitative estimate of drug-likeness (QED) is 0.948. The summed E-state index contributed by atoms with van der Waals surface area (Å²) in [4.78, 5) is 18.8. The molecule has 6 heteroatoms. The Kier molecular flexibility index (Phi) is 3.17. The van der Waals surface area contributed by atoms with Gasteiger partial charge in [-0.25, -0.2) is 9.37 Å². The van der Waals surface area contributed by atoms with Gasteiger partial charge in [0.25, 0.3) is 0 Å². The summed E-state index contributed by atoms with van der Waals surface area (Å²) in [5, 5.41) is 7.17. The summed E-state index contributed by atoms with van der Waals surface area (Å²) in [6.07, 6.45) is 3.94. The van der Waals surface area contributed by atoms with Crippen LogP contribution in [-0.4, -0.2) is 32.5 Å². The molecule has 1 aliphatic carbocycles. The molecule has 1 aromatic heterocycles. The average Bonchev–Trinajstić information content (AvgIpc) is 3.07. The van der Waals surface area contributed by atoms with Gasteiger partial charge in [0, 0.05) is 18.0 Å². The van der Waals surface area contributed by atoms with E-state index in [1.807, 2.05) is 4.90 Å². The van der Waals surface area contributed by atoms with Crippen LogP contribution in [-0.2, 0) is 4.79 Å². The summed E-state index contributed by atoms with van der Waals surface area (Å²) < 4.78 is 13.0. The van der Waals surface area contributed by atoms with Crippen LogP contribution in [0.15, 0.2) is 24.3 Å². The number of nitrogens with one attached hydrogen (secondary N) is 1. The fourth-order valence-electron chi connectivity index (χ4n) is 3.03. The van der Waals surface area contributed by atoms with Crippen molar-refractivity contribution in [3.63, 3.8) is 0 Å². The van der Waals surface area contributed by atoms with Crippen LogP contribution >= 0.6 is 0 Å². The van der Waals surface area contributed by atoms with Gasteiger partial charge in [0.05, 0.1) is 6.04 Å².